The molecule has 4 heteroatoms. The molecule has 0 bridgehead atoms. The summed E-state index contributed by atoms with van der Waals surface area (Å²) in [6.07, 6.45) is 0.431. The fourth-order valence-electron chi connectivity index (χ4n) is 3.36. The van der Waals surface area contributed by atoms with Crippen molar-refractivity contribution in [3.63, 3.8) is 0 Å². The topological polar surface area (TPSA) is 41.9 Å². The van der Waals surface area contributed by atoms with Crippen molar-refractivity contribution >= 4 is 0 Å². The number of hydrogen-bond donors (Lipinski definition) is 1. The van der Waals surface area contributed by atoms with E-state index in [0.717, 1.165) is 56.1 Å². The summed E-state index contributed by atoms with van der Waals surface area (Å²) in [5, 5.41) is 11.1. The van der Waals surface area contributed by atoms with Crippen LogP contribution in [0.2, 0.25) is 0 Å². The van der Waals surface area contributed by atoms with Crippen LogP contribution in [0.1, 0.15) is 36.5 Å². The Balaban J connectivity index is 1.76. The molecule has 0 saturated carbocycles. The van der Waals surface area contributed by atoms with E-state index < -0.39 is 6.10 Å². The summed E-state index contributed by atoms with van der Waals surface area (Å²) >= 11 is 0. The lowest BCUT2D eigenvalue weighted by atomic mass is 9.88. The largest absolute Gasteiger partial charge is 0.494 e. The van der Waals surface area contributed by atoms with Crippen LogP contribution in [0.5, 0.6) is 5.75 Å². The first kappa shape index (κ1) is 18.9. The molecule has 26 heavy (non-hydrogen) atoms. The van der Waals surface area contributed by atoms with Gasteiger partial charge in [0.15, 0.2) is 0 Å². The van der Waals surface area contributed by atoms with E-state index in [1.54, 1.807) is 0 Å². The first-order valence-electron chi connectivity index (χ1n) is 9.54. The van der Waals surface area contributed by atoms with E-state index in [1.165, 1.54) is 0 Å². The summed E-state index contributed by atoms with van der Waals surface area (Å²) in [6, 6.07) is 18.2. The second kappa shape index (κ2) is 9.72. The van der Waals surface area contributed by atoms with Gasteiger partial charge in [0, 0.05) is 25.6 Å². The maximum atomic E-state index is 11.1. The fraction of sp³-hybridized carbons (Fsp3) is 0.455. The number of morpholine rings is 1. The van der Waals surface area contributed by atoms with E-state index in [9.17, 15) is 5.11 Å². The zero-order valence-electron chi connectivity index (χ0n) is 15.5. The number of benzene rings is 2. The van der Waals surface area contributed by atoms with E-state index in [-0.39, 0.29) is 5.92 Å². The van der Waals surface area contributed by atoms with Crippen molar-refractivity contribution in [2.24, 2.45) is 0 Å². The number of rotatable bonds is 8. The Labute approximate surface area is 156 Å². The van der Waals surface area contributed by atoms with Gasteiger partial charge in [0.05, 0.1) is 25.9 Å². The molecule has 0 aliphatic carbocycles. The monoisotopic (exact) mass is 355 g/mol. The number of hydrogen-bond acceptors (Lipinski definition) is 4. The maximum Gasteiger partial charge on any atom is 0.119 e. The predicted octanol–water partition coefficient (Wildman–Crippen LogP) is 3.62. The molecule has 0 spiro atoms. The summed E-state index contributed by atoms with van der Waals surface area (Å²) < 4.78 is 11.1. The van der Waals surface area contributed by atoms with E-state index in [4.69, 9.17) is 9.47 Å². The Morgan fingerprint density at radius 1 is 1.00 bits per heavy atom. The molecule has 2 aromatic carbocycles. The highest BCUT2D eigenvalue weighted by molar-refractivity contribution is 5.32. The van der Waals surface area contributed by atoms with Gasteiger partial charge in [-0.05, 0) is 29.7 Å². The molecule has 0 radical (unpaired) electrons. The van der Waals surface area contributed by atoms with Gasteiger partial charge in [-0.25, -0.2) is 0 Å². The van der Waals surface area contributed by atoms with Crippen LogP contribution in [0, 0.1) is 0 Å². The third kappa shape index (κ3) is 5.07. The molecule has 140 valence electrons. The Morgan fingerprint density at radius 3 is 2.35 bits per heavy atom. The molecule has 2 atom stereocenters. The van der Waals surface area contributed by atoms with E-state index >= 15 is 0 Å². The molecule has 0 amide bonds. The van der Waals surface area contributed by atoms with Crippen LogP contribution in [-0.2, 0) is 4.74 Å². The van der Waals surface area contributed by atoms with Crippen molar-refractivity contribution in [2.45, 2.75) is 25.4 Å². The van der Waals surface area contributed by atoms with Crippen LogP contribution in [0.15, 0.2) is 54.6 Å². The van der Waals surface area contributed by atoms with Crippen molar-refractivity contribution in [3.05, 3.63) is 65.7 Å². The maximum absolute atomic E-state index is 11.1. The van der Waals surface area contributed by atoms with Crippen LogP contribution in [0.25, 0.3) is 0 Å². The minimum Gasteiger partial charge on any atom is -0.494 e. The van der Waals surface area contributed by atoms with Crippen LogP contribution < -0.4 is 4.74 Å². The van der Waals surface area contributed by atoms with Crippen molar-refractivity contribution in [2.75, 3.05) is 39.5 Å². The van der Waals surface area contributed by atoms with Gasteiger partial charge in [-0.1, -0.05) is 49.4 Å². The van der Waals surface area contributed by atoms with Crippen molar-refractivity contribution < 1.29 is 14.6 Å². The van der Waals surface area contributed by atoms with Crippen LogP contribution in [0.4, 0.5) is 0 Å². The van der Waals surface area contributed by atoms with Gasteiger partial charge in [-0.15, -0.1) is 0 Å². The standard InChI is InChI=1S/C22H29NO3/c1-2-14-26-20-10-8-19(9-11-20)22(24)21(18-6-4-3-5-7-18)17-23-12-15-25-16-13-23/h3-11,21-22,24H,2,12-17H2,1H3/t21-,22-/m1/s1. The molecule has 1 aliphatic rings. The molecule has 1 N–H and O–H groups in total. The SMILES string of the molecule is CCCOc1ccc([C@@H](O)[C@H](CN2CCOCC2)c2ccccc2)cc1. The van der Waals surface area contributed by atoms with Gasteiger partial charge in [-0.2, -0.15) is 0 Å². The van der Waals surface area contributed by atoms with Crippen LogP contribution in [-0.4, -0.2) is 49.5 Å². The lowest BCUT2D eigenvalue weighted by Crippen LogP contribution is -2.39. The Kier molecular flexibility index (Phi) is 7.06. The summed E-state index contributed by atoms with van der Waals surface area (Å²) in [5.41, 5.74) is 2.09. The average Bonchev–Trinajstić information content (AvgIpc) is 2.72. The molecule has 1 saturated heterocycles. The Hall–Kier alpha value is -1.88. The van der Waals surface area contributed by atoms with Gasteiger partial charge in [0.1, 0.15) is 5.75 Å². The van der Waals surface area contributed by atoms with Crippen LogP contribution in [0.3, 0.4) is 0 Å². The Bertz CT molecular complexity index is 638. The first-order chi connectivity index (χ1) is 12.8. The lowest BCUT2D eigenvalue weighted by molar-refractivity contribution is 0.0240. The molecule has 4 nitrogen and oxygen atoms in total. The molecule has 1 fully saturated rings. The zero-order valence-corrected chi connectivity index (χ0v) is 15.5. The molecule has 1 aliphatic heterocycles. The summed E-state index contributed by atoms with van der Waals surface area (Å²) in [5.74, 6) is 0.879. The highest BCUT2D eigenvalue weighted by atomic mass is 16.5. The summed E-state index contributed by atoms with van der Waals surface area (Å²) in [7, 11) is 0. The summed E-state index contributed by atoms with van der Waals surface area (Å²) in [6.45, 7) is 6.99. The van der Waals surface area contributed by atoms with Gasteiger partial charge in [-0.3, -0.25) is 4.90 Å². The van der Waals surface area contributed by atoms with Crippen molar-refractivity contribution in [1.82, 2.24) is 4.90 Å². The molecule has 1 heterocycles. The number of nitrogens with zero attached hydrogens (tertiary/aromatic N) is 1. The normalized spacial score (nSPS) is 17.6. The smallest absolute Gasteiger partial charge is 0.119 e. The second-order valence-electron chi connectivity index (χ2n) is 6.79. The third-order valence-electron chi connectivity index (χ3n) is 4.86. The lowest BCUT2D eigenvalue weighted by Gasteiger charge is -2.33. The average molecular weight is 355 g/mol. The Morgan fingerprint density at radius 2 is 1.69 bits per heavy atom. The molecule has 3 rings (SSSR count). The minimum absolute atomic E-state index is 0.0247. The van der Waals surface area contributed by atoms with E-state index in [1.807, 2.05) is 42.5 Å². The zero-order chi connectivity index (χ0) is 18.2. The fourth-order valence-corrected chi connectivity index (χ4v) is 3.36. The van der Waals surface area contributed by atoms with Gasteiger partial charge >= 0.3 is 0 Å². The predicted molar refractivity (Wildman–Crippen MR) is 104 cm³/mol. The minimum atomic E-state index is -0.555. The molecular formula is C22H29NO3. The number of aliphatic hydroxyl groups excluding tert-OH is 1. The first-order valence-corrected chi connectivity index (χ1v) is 9.54. The number of aliphatic hydroxyl groups is 1. The highest BCUT2D eigenvalue weighted by Crippen LogP contribution is 2.32. The van der Waals surface area contributed by atoms with Crippen molar-refractivity contribution in [1.29, 1.82) is 0 Å². The molecular weight excluding hydrogens is 326 g/mol. The summed E-state index contributed by atoms with van der Waals surface area (Å²) in [4.78, 5) is 2.38. The van der Waals surface area contributed by atoms with Crippen LogP contribution >= 0.6 is 0 Å². The molecule has 0 unspecified atom stereocenters. The highest BCUT2D eigenvalue weighted by Gasteiger charge is 2.26. The second-order valence-corrected chi connectivity index (χ2v) is 6.79. The number of ether oxygens (including phenoxy) is 2. The van der Waals surface area contributed by atoms with E-state index in [0.29, 0.717) is 6.61 Å². The van der Waals surface area contributed by atoms with E-state index in [2.05, 4.69) is 24.0 Å². The molecule has 0 aromatic heterocycles. The molecule has 2 aromatic rings. The van der Waals surface area contributed by atoms with Gasteiger partial charge in [0.25, 0.3) is 0 Å². The van der Waals surface area contributed by atoms with Gasteiger partial charge < -0.3 is 14.6 Å². The third-order valence-corrected chi connectivity index (χ3v) is 4.86. The van der Waals surface area contributed by atoms with Crippen molar-refractivity contribution in [3.8, 4) is 5.75 Å². The van der Waals surface area contributed by atoms with Gasteiger partial charge in [0.2, 0.25) is 0 Å². The quantitative estimate of drug-likeness (QED) is 0.785.